The maximum atomic E-state index is 13.0. The number of nitrogens with one attached hydrogen (secondary N) is 2. The molecule has 0 radical (unpaired) electrons. The van der Waals surface area contributed by atoms with Crippen molar-refractivity contribution in [3.8, 4) is 5.75 Å². The lowest BCUT2D eigenvalue weighted by atomic mass is 10.1. The number of hydrogen-bond donors (Lipinski definition) is 2. The number of hydrogen-bond acceptors (Lipinski definition) is 4. The molecule has 106 valence electrons. The van der Waals surface area contributed by atoms with Crippen molar-refractivity contribution >= 4 is 5.82 Å². The van der Waals surface area contributed by atoms with Crippen molar-refractivity contribution in [3.05, 3.63) is 52.1 Å². The number of halogens is 2. The van der Waals surface area contributed by atoms with Gasteiger partial charge in [0.2, 0.25) is 5.75 Å². The molecular weight excluding hydrogens is 268 g/mol. The maximum Gasteiger partial charge on any atom is 0.295 e. The van der Waals surface area contributed by atoms with Crippen LogP contribution in [0.4, 0.5) is 14.6 Å². The standard InChI is InChI=1S/C13H13F2N3O2/c1-20-11-12(17-7-18-13(11)19)16-3-2-8-4-9(14)6-10(15)5-8/h4-7H,2-3H2,1H3,(H2,16,17,18,19). The number of aromatic amines is 1. The largest absolute Gasteiger partial charge is 0.489 e. The van der Waals surface area contributed by atoms with Crippen LogP contribution < -0.4 is 15.6 Å². The fourth-order valence-electron chi connectivity index (χ4n) is 1.78. The first-order valence-electron chi connectivity index (χ1n) is 5.90. The van der Waals surface area contributed by atoms with Gasteiger partial charge in [0, 0.05) is 12.6 Å². The summed E-state index contributed by atoms with van der Waals surface area (Å²) in [5, 5.41) is 2.89. The predicted octanol–water partition coefficient (Wildman–Crippen LogP) is 1.71. The van der Waals surface area contributed by atoms with Gasteiger partial charge in [0.05, 0.1) is 13.4 Å². The number of H-pyrrole nitrogens is 1. The molecule has 20 heavy (non-hydrogen) atoms. The lowest BCUT2D eigenvalue weighted by Crippen LogP contribution is -2.15. The summed E-state index contributed by atoms with van der Waals surface area (Å²) in [5.74, 6) is -0.884. The Morgan fingerprint density at radius 3 is 2.65 bits per heavy atom. The molecule has 2 N–H and O–H groups in total. The molecule has 0 saturated carbocycles. The molecule has 7 heteroatoms. The Bertz CT molecular complexity index is 638. The van der Waals surface area contributed by atoms with Crippen LogP contribution in [0.2, 0.25) is 0 Å². The number of anilines is 1. The molecule has 0 bridgehead atoms. The second-order valence-corrected chi connectivity index (χ2v) is 4.07. The van der Waals surface area contributed by atoms with Crippen LogP contribution in [-0.4, -0.2) is 23.6 Å². The van der Waals surface area contributed by atoms with E-state index < -0.39 is 17.2 Å². The number of ether oxygens (including phenoxy) is 1. The third kappa shape index (κ3) is 3.31. The zero-order chi connectivity index (χ0) is 14.5. The molecule has 0 amide bonds. The van der Waals surface area contributed by atoms with Crippen LogP contribution in [0.15, 0.2) is 29.3 Å². The predicted molar refractivity (Wildman–Crippen MR) is 70.0 cm³/mol. The Labute approximate surface area is 113 Å². The monoisotopic (exact) mass is 281 g/mol. The average Bonchev–Trinajstić information content (AvgIpc) is 2.38. The van der Waals surface area contributed by atoms with Crippen molar-refractivity contribution in [1.82, 2.24) is 9.97 Å². The molecule has 0 aliphatic carbocycles. The summed E-state index contributed by atoms with van der Waals surface area (Å²) in [6.45, 7) is 0.357. The number of methoxy groups -OCH3 is 1. The van der Waals surface area contributed by atoms with E-state index in [1.807, 2.05) is 0 Å². The van der Waals surface area contributed by atoms with Crippen LogP contribution in [0.3, 0.4) is 0 Å². The first-order valence-corrected chi connectivity index (χ1v) is 5.90. The van der Waals surface area contributed by atoms with Crippen molar-refractivity contribution in [1.29, 1.82) is 0 Å². The summed E-state index contributed by atoms with van der Waals surface area (Å²) in [7, 11) is 1.36. The number of rotatable bonds is 5. The molecule has 0 aliphatic heterocycles. The normalized spacial score (nSPS) is 10.3. The van der Waals surface area contributed by atoms with Gasteiger partial charge in [-0.3, -0.25) is 4.79 Å². The van der Waals surface area contributed by atoms with Gasteiger partial charge >= 0.3 is 0 Å². The first-order chi connectivity index (χ1) is 9.60. The van der Waals surface area contributed by atoms with Gasteiger partial charge in [-0.25, -0.2) is 13.8 Å². The number of nitrogens with zero attached hydrogens (tertiary/aromatic N) is 1. The Balaban J connectivity index is 2.03. The van der Waals surface area contributed by atoms with E-state index in [1.165, 1.54) is 25.6 Å². The van der Waals surface area contributed by atoms with Crippen LogP contribution in [0.25, 0.3) is 0 Å². The molecule has 2 aromatic rings. The highest BCUT2D eigenvalue weighted by atomic mass is 19.1. The van der Waals surface area contributed by atoms with E-state index in [4.69, 9.17) is 4.74 Å². The molecule has 0 saturated heterocycles. The van der Waals surface area contributed by atoms with Gasteiger partial charge in [-0.2, -0.15) is 0 Å². The zero-order valence-corrected chi connectivity index (χ0v) is 10.7. The minimum atomic E-state index is -0.619. The SMILES string of the molecule is COc1c(NCCc2cc(F)cc(F)c2)nc[nH]c1=O. The summed E-state index contributed by atoms with van der Waals surface area (Å²) < 4.78 is 31.0. The third-order valence-electron chi connectivity index (χ3n) is 2.64. The van der Waals surface area contributed by atoms with Gasteiger partial charge < -0.3 is 15.0 Å². The van der Waals surface area contributed by atoms with Crippen molar-refractivity contribution < 1.29 is 13.5 Å². The third-order valence-corrected chi connectivity index (χ3v) is 2.64. The van der Waals surface area contributed by atoms with Gasteiger partial charge in [0.15, 0.2) is 5.82 Å². The van der Waals surface area contributed by atoms with E-state index >= 15 is 0 Å². The molecule has 1 heterocycles. The Morgan fingerprint density at radius 1 is 1.30 bits per heavy atom. The van der Waals surface area contributed by atoms with E-state index in [1.54, 1.807) is 0 Å². The van der Waals surface area contributed by atoms with E-state index in [0.717, 1.165) is 6.07 Å². The molecule has 5 nitrogen and oxygen atoms in total. The first kappa shape index (κ1) is 14.0. The Morgan fingerprint density at radius 2 is 2.00 bits per heavy atom. The highest BCUT2D eigenvalue weighted by Gasteiger charge is 2.08. The van der Waals surface area contributed by atoms with Crippen LogP contribution in [0.5, 0.6) is 5.75 Å². The second kappa shape index (κ2) is 6.14. The van der Waals surface area contributed by atoms with Crippen molar-refractivity contribution in [2.24, 2.45) is 0 Å². The summed E-state index contributed by atoms with van der Waals surface area (Å²) in [5.41, 5.74) is 0.112. The summed E-state index contributed by atoms with van der Waals surface area (Å²) in [6.07, 6.45) is 1.63. The van der Waals surface area contributed by atoms with Crippen molar-refractivity contribution in [2.75, 3.05) is 19.0 Å². The minimum absolute atomic E-state index is 0.0675. The summed E-state index contributed by atoms with van der Waals surface area (Å²) in [4.78, 5) is 17.8. The van der Waals surface area contributed by atoms with Crippen LogP contribution in [0.1, 0.15) is 5.56 Å². The molecule has 0 fully saturated rings. The molecule has 0 aliphatic rings. The molecule has 0 atom stereocenters. The van der Waals surface area contributed by atoms with Crippen molar-refractivity contribution in [2.45, 2.75) is 6.42 Å². The smallest absolute Gasteiger partial charge is 0.295 e. The number of aromatic nitrogens is 2. The quantitative estimate of drug-likeness (QED) is 0.875. The van der Waals surface area contributed by atoms with Gasteiger partial charge in [0.1, 0.15) is 11.6 Å². The fraction of sp³-hybridized carbons (Fsp3) is 0.231. The van der Waals surface area contributed by atoms with E-state index in [9.17, 15) is 13.6 Å². The summed E-state index contributed by atoms with van der Waals surface area (Å²) >= 11 is 0. The molecular formula is C13H13F2N3O2. The van der Waals surface area contributed by atoms with Gasteiger partial charge in [0.25, 0.3) is 5.56 Å². The molecule has 0 spiro atoms. The minimum Gasteiger partial charge on any atom is -0.489 e. The summed E-state index contributed by atoms with van der Waals surface area (Å²) in [6, 6.07) is 3.33. The lowest BCUT2D eigenvalue weighted by Gasteiger charge is -2.08. The van der Waals surface area contributed by atoms with Crippen LogP contribution in [0, 0.1) is 11.6 Å². The molecule has 2 rings (SSSR count). The van der Waals surface area contributed by atoms with Gasteiger partial charge in [-0.15, -0.1) is 0 Å². The molecule has 1 aromatic heterocycles. The molecule has 1 aromatic carbocycles. The van der Waals surface area contributed by atoms with Crippen LogP contribution >= 0.6 is 0 Å². The maximum absolute atomic E-state index is 13.0. The fourth-order valence-corrected chi connectivity index (χ4v) is 1.78. The Hall–Kier alpha value is -2.44. The van der Waals surface area contributed by atoms with Crippen molar-refractivity contribution in [3.63, 3.8) is 0 Å². The Kier molecular flexibility index (Phi) is 4.29. The van der Waals surface area contributed by atoms with E-state index in [-0.39, 0.29) is 11.6 Å². The zero-order valence-electron chi connectivity index (χ0n) is 10.7. The average molecular weight is 281 g/mol. The van der Waals surface area contributed by atoms with Gasteiger partial charge in [-0.05, 0) is 24.1 Å². The highest BCUT2D eigenvalue weighted by Crippen LogP contribution is 2.14. The number of benzene rings is 1. The highest BCUT2D eigenvalue weighted by molar-refractivity contribution is 5.47. The van der Waals surface area contributed by atoms with Gasteiger partial charge in [-0.1, -0.05) is 0 Å². The van der Waals surface area contributed by atoms with E-state index in [0.29, 0.717) is 18.5 Å². The van der Waals surface area contributed by atoms with Crippen LogP contribution in [-0.2, 0) is 6.42 Å². The lowest BCUT2D eigenvalue weighted by molar-refractivity contribution is 0.408. The molecule has 0 unspecified atom stereocenters. The van der Waals surface area contributed by atoms with E-state index in [2.05, 4.69) is 15.3 Å². The topological polar surface area (TPSA) is 67.0 Å². The second-order valence-electron chi connectivity index (χ2n) is 4.07.